The number of rotatable bonds is 2. The van der Waals surface area contributed by atoms with Crippen molar-refractivity contribution in [3.05, 3.63) is 48.0 Å². The van der Waals surface area contributed by atoms with Crippen LogP contribution in [-0.4, -0.2) is 23.9 Å². The van der Waals surface area contributed by atoms with E-state index in [1.54, 1.807) is 11.3 Å². The first-order valence-corrected chi connectivity index (χ1v) is 8.19. The molecule has 0 N–H and O–H groups in total. The molecule has 6 heteroatoms. The number of benzene rings is 2. The van der Waals surface area contributed by atoms with Crippen molar-refractivity contribution in [2.45, 2.75) is 0 Å². The fourth-order valence-corrected chi connectivity index (χ4v) is 3.52. The van der Waals surface area contributed by atoms with E-state index in [-0.39, 0.29) is 11.3 Å². The molecule has 3 rings (SSSR count). The Morgan fingerprint density at radius 2 is 1.86 bits per heavy atom. The third-order valence-corrected chi connectivity index (χ3v) is 4.65. The van der Waals surface area contributed by atoms with Crippen LogP contribution in [0.15, 0.2) is 57.4 Å². The lowest BCUT2D eigenvalue weighted by Gasteiger charge is -2.02. The summed E-state index contributed by atoms with van der Waals surface area (Å²) in [6.45, 7) is 3.35. The molecule has 110 valence electrons. The summed E-state index contributed by atoms with van der Waals surface area (Å²) in [5, 5.41) is 2.42. The van der Waals surface area contributed by atoms with Gasteiger partial charge in [-0.3, -0.25) is 0 Å². The average Bonchev–Trinajstić information content (AvgIpc) is 2.92. The Bertz CT molecular complexity index is 912. The predicted molar refractivity (Wildman–Crippen MR) is 99.4 cm³/mol. The summed E-state index contributed by atoms with van der Waals surface area (Å²) < 4.78 is 2.46. The number of hydrogen-bond acceptors (Lipinski definition) is 2. The number of halogens is 2. The van der Waals surface area contributed by atoms with Crippen LogP contribution in [0, 0.1) is 0 Å². The smallest absolute Gasteiger partial charge is 0.223 e. The third kappa shape index (κ3) is 2.90. The molecule has 1 heterocycles. The van der Waals surface area contributed by atoms with Gasteiger partial charge in [0.05, 0.1) is 0 Å². The third-order valence-electron chi connectivity index (χ3n) is 3.17. The Morgan fingerprint density at radius 1 is 1.09 bits per heavy atom. The van der Waals surface area contributed by atoms with E-state index in [9.17, 15) is 0 Å². The van der Waals surface area contributed by atoms with Crippen molar-refractivity contribution in [2.75, 3.05) is 6.00 Å². The van der Waals surface area contributed by atoms with Crippen LogP contribution in [0.25, 0.3) is 20.2 Å². The van der Waals surface area contributed by atoms with Crippen LogP contribution >= 0.6 is 34.5 Å². The summed E-state index contributed by atoms with van der Waals surface area (Å²) in [4.78, 5) is 11.9. The molecule has 3 aromatic rings. The SMILES string of the molecule is C=NC(Cl)=NC(=NCCl)c1ccc2sc3ccccc3c2c1. The number of hydrogen-bond donors (Lipinski definition) is 0. The van der Waals surface area contributed by atoms with E-state index < -0.39 is 0 Å². The molecule has 0 aliphatic rings. The van der Waals surface area contributed by atoms with Crippen LogP contribution in [0.3, 0.4) is 0 Å². The molecule has 2 aromatic carbocycles. The average molecular weight is 348 g/mol. The van der Waals surface area contributed by atoms with Gasteiger partial charge in [0.25, 0.3) is 0 Å². The highest BCUT2D eigenvalue weighted by atomic mass is 35.5. The zero-order valence-corrected chi connectivity index (χ0v) is 13.8. The van der Waals surface area contributed by atoms with Crippen LogP contribution in [0.5, 0.6) is 0 Å². The molecule has 0 radical (unpaired) electrons. The van der Waals surface area contributed by atoms with Gasteiger partial charge in [-0.25, -0.2) is 9.98 Å². The molecule has 0 amide bonds. The predicted octanol–water partition coefficient (Wildman–Crippen LogP) is 5.29. The number of fused-ring (bicyclic) bond motifs is 3. The normalized spacial score (nSPS) is 13.0. The zero-order valence-electron chi connectivity index (χ0n) is 11.5. The molecular weight excluding hydrogens is 337 g/mol. The van der Waals surface area contributed by atoms with Gasteiger partial charge in [0.1, 0.15) is 6.00 Å². The van der Waals surface area contributed by atoms with Crippen molar-refractivity contribution in [2.24, 2.45) is 15.0 Å². The van der Waals surface area contributed by atoms with Gasteiger partial charge in [-0.15, -0.1) is 22.9 Å². The maximum absolute atomic E-state index is 5.84. The second-order valence-corrected chi connectivity index (χ2v) is 6.11. The minimum absolute atomic E-state index is 0.0409. The molecule has 0 saturated heterocycles. The Labute approximate surface area is 141 Å². The van der Waals surface area contributed by atoms with Gasteiger partial charge in [-0.1, -0.05) is 18.2 Å². The standard InChI is InChI=1S/C16H11Cl2N3S/c1-19-16(18)21-15(20-9-17)10-6-7-14-12(8-10)11-4-2-3-5-13(11)22-14/h2-8H,1,9H2. The molecule has 0 spiro atoms. The number of thiophene rings is 1. The van der Waals surface area contributed by atoms with E-state index in [1.807, 2.05) is 18.2 Å². The van der Waals surface area contributed by atoms with Crippen LogP contribution < -0.4 is 0 Å². The van der Waals surface area contributed by atoms with Crippen LogP contribution in [-0.2, 0) is 0 Å². The van der Waals surface area contributed by atoms with Crippen LogP contribution in [0.1, 0.15) is 5.56 Å². The molecule has 1 aromatic heterocycles. The van der Waals surface area contributed by atoms with E-state index >= 15 is 0 Å². The topological polar surface area (TPSA) is 37.1 Å². The van der Waals surface area contributed by atoms with Crippen LogP contribution in [0.2, 0.25) is 0 Å². The van der Waals surface area contributed by atoms with Crippen molar-refractivity contribution in [3.63, 3.8) is 0 Å². The Kier molecular flexibility index (Phi) is 4.52. The molecular formula is C16H11Cl2N3S. The second-order valence-electron chi connectivity index (χ2n) is 4.45. The second kappa shape index (κ2) is 6.57. The number of alkyl halides is 1. The highest BCUT2D eigenvalue weighted by molar-refractivity contribution is 7.25. The minimum atomic E-state index is 0.0409. The van der Waals surface area contributed by atoms with Gasteiger partial charge in [-0.2, -0.15) is 4.99 Å². The Hall–Kier alpha value is -1.75. The largest absolute Gasteiger partial charge is 0.250 e. The molecule has 3 nitrogen and oxygen atoms in total. The summed E-state index contributed by atoms with van der Waals surface area (Å²) in [6, 6.07) is 14.5. The van der Waals surface area contributed by atoms with E-state index in [0.717, 1.165) is 5.56 Å². The van der Waals surface area contributed by atoms with E-state index in [0.29, 0.717) is 5.84 Å². The first-order valence-electron chi connectivity index (χ1n) is 6.46. The molecule has 0 aliphatic heterocycles. The lowest BCUT2D eigenvalue weighted by Crippen LogP contribution is -2.00. The van der Waals surface area contributed by atoms with E-state index in [2.05, 4.69) is 46.0 Å². The quantitative estimate of drug-likeness (QED) is 0.261. The maximum atomic E-state index is 5.84. The molecule has 0 atom stereocenters. The molecule has 0 bridgehead atoms. The van der Waals surface area contributed by atoms with Crippen molar-refractivity contribution >= 4 is 72.6 Å². The van der Waals surface area contributed by atoms with Gasteiger partial charge >= 0.3 is 0 Å². The summed E-state index contributed by atoms with van der Waals surface area (Å²) in [7, 11) is 0. The first kappa shape index (κ1) is 15.2. The van der Waals surface area contributed by atoms with Gasteiger partial charge < -0.3 is 0 Å². The van der Waals surface area contributed by atoms with Gasteiger partial charge in [0.2, 0.25) is 5.29 Å². The van der Waals surface area contributed by atoms with Crippen molar-refractivity contribution in [1.82, 2.24) is 0 Å². The monoisotopic (exact) mass is 347 g/mol. The lowest BCUT2D eigenvalue weighted by atomic mass is 10.1. The number of amidine groups is 2. The number of nitrogens with zero attached hydrogens (tertiary/aromatic N) is 3. The van der Waals surface area contributed by atoms with Gasteiger partial charge in [0.15, 0.2) is 5.84 Å². The molecule has 0 fully saturated rings. The molecule has 0 aliphatic carbocycles. The van der Waals surface area contributed by atoms with Crippen molar-refractivity contribution < 1.29 is 0 Å². The molecule has 22 heavy (non-hydrogen) atoms. The summed E-state index contributed by atoms with van der Waals surface area (Å²) in [5.41, 5.74) is 0.846. The Morgan fingerprint density at radius 3 is 2.64 bits per heavy atom. The van der Waals surface area contributed by atoms with Crippen LogP contribution in [0.4, 0.5) is 0 Å². The molecule has 0 saturated carbocycles. The van der Waals surface area contributed by atoms with E-state index in [4.69, 9.17) is 23.2 Å². The fourth-order valence-electron chi connectivity index (χ4n) is 2.24. The fraction of sp³-hybridized carbons (Fsp3) is 0.0625. The maximum Gasteiger partial charge on any atom is 0.223 e. The Balaban J connectivity index is 2.19. The van der Waals surface area contributed by atoms with Crippen molar-refractivity contribution in [1.29, 1.82) is 0 Å². The number of aliphatic imine (C=N–C) groups is 3. The zero-order chi connectivity index (χ0) is 15.5. The summed E-state index contributed by atoms with van der Waals surface area (Å²) in [5.74, 6) is 0.449. The minimum Gasteiger partial charge on any atom is -0.250 e. The molecule has 0 unspecified atom stereocenters. The van der Waals surface area contributed by atoms with Crippen molar-refractivity contribution in [3.8, 4) is 0 Å². The van der Waals surface area contributed by atoms with E-state index in [1.165, 1.54) is 20.2 Å². The summed E-state index contributed by atoms with van der Waals surface area (Å²) in [6.07, 6.45) is 0. The van der Waals surface area contributed by atoms with Gasteiger partial charge in [-0.05, 0) is 42.6 Å². The first-order chi connectivity index (χ1) is 10.7. The van der Waals surface area contributed by atoms with Gasteiger partial charge in [0, 0.05) is 25.7 Å². The highest BCUT2D eigenvalue weighted by Gasteiger charge is 2.09. The highest BCUT2D eigenvalue weighted by Crippen LogP contribution is 2.34. The summed E-state index contributed by atoms with van der Waals surface area (Å²) >= 11 is 13.3. The lowest BCUT2D eigenvalue weighted by molar-refractivity contribution is 1.33.